The normalized spacial score (nSPS) is 10.9. The van der Waals surface area contributed by atoms with Gasteiger partial charge in [0.1, 0.15) is 0 Å². The molecule has 0 unspecified atom stereocenters. The molecule has 2 N–H and O–H groups in total. The van der Waals surface area contributed by atoms with Crippen LogP contribution in [0, 0.1) is 0 Å². The lowest BCUT2D eigenvalue weighted by molar-refractivity contribution is 0.0697. The van der Waals surface area contributed by atoms with Gasteiger partial charge in [-0.25, -0.2) is 9.78 Å². The second-order valence-electron chi connectivity index (χ2n) is 5.12. The molecule has 0 fully saturated rings. The Labute approximate surface area is 141 Å². The molecule has 2 aromatic carbocycles. The van der Waals surface area contributed by atoms with Crippen LogP contribution in [0.5, 0.6) is 0 Å². The van der Waals surface area contributed by atoms with Gasteiger partial charge in [0.05, 0.1) is 16.8 Å². The van der Waals surface area contributed by atoms with E-state index in [0.29, 0.717) is 22.2 Å². The average Bonchev–Trinajstić information content (AvgIpc) is 2.55. The third-order valence-corrected chi connectivity index (χ3v) is 4.16. The third-order valence-electron chi connectivity index (χ3n) is 3.67. The van der Waals surface area contributed by atoms with E-state index >= 15 is 0 Å². The van der Waals surface area contributed by atoms with E-state index in [2.05, 4.69) is 20.9 Å². The zero-order valence-corrected chi connectivity index (χ0v) is 13.7. The number of aromatic carboxylic acids is 1. The van der Waals surface area contributed by atoms with Crippen LogP contribution in [-0.2, 0) is 6.42 Å². The second-order valence-corrected chi connectivity index (χ2v) is 6.04. The smallest absolute Gasteiger partial charge is 0.336 e. The van der Waals surface area contributed by atoms with Gasteiger partial charge in [0.25, 0.3) is 0 Å². The summed E-state index contributed by atoms with van der Waals surface area (Å²) in [5, 5.41) is 19.7. The van der Waals surface area contributed by atoms with Crippen molar-refractivity contribution in [2.24, 2.45) is 0 Å². The minimum Gasteiger partial charge on any atom is -0.478 e. The lowest BCUT2D eigenvalue weighted by Gasteiger charge is -2.14. The Morgan fingerprint density at radius 2 is 1.87 bits per heavy atom. The van der Waals surface area contributed by atoms with Crippen molar-refractivity contribution >= 4 is 32.8 Å². The van der Waals surface area contributed by atoms with E-state index in [0.717, 1.165) is 10.0 Å². The topological polar surface area (TPSA) is 70.4 Å². The molecule has 0 saturated carbocycles. The molecule has 116 valence electrons. The molecule has 1 aromatic heterocycles. The van der Waals surface area contributed by atoms with E-state index in [4.69, 9.17) is 0 Å². The Hall–Kier alpha value is -2.24. The van der Waals surface area contributed by atoms with Gasteiger partial charge in [-0.05, 0) is 30.2 Å². The Kier molecular flexibility index (Phi) is 4.41. The summed E-state index contributed by atoms with van der Waals surface area (Å²) in [4.78, 5) is 16.5. The van der Waals surface area contributed by atoms with Crippen molar-refractivity contribution < 1.29 is 15.0 Å². The van der Waals surface area contributed by atoms with Crippen LogP contribution in [0.15, 0.2) is 53.0 Å². The SMILES string of the molecule is O=C(O)c1c(CCO)c(-c2ccccc2)nc2ccc(Br)cc12. The molecular weight excluding hydrogens is 358 g/mol. The van der Waals surface area contributed by atoms with Crippen molar-refractivity contribution in [1.82, 2.24) is 4.98 Å². The Balaban J connectivity index is 2.42. The predicted molar refractivity (Wildman–Crippen MR) is 92.6 cm³/mol. The highest BCUT2D eigenvalue weighted by atomic mass is 79.9. The summed E-state index contributed by atoms with van der Waals surface area (Å²) >= 11 is 3.37. The first-order valence-electron chi connectivity index (χ1n) is 7.13. The maximum atomic E-state index is 11.9. The zero-order valence-electron chi connectivity index (χ0n) is 12.2. The van der Waals surface area contributed by atoms with Gasteiger partial charge in [0, 0.05) is 22.0 Å². The van der Waals surface area contributed by atoms with Gasteiger partial charge < -0.3 is 10.2 Å². The number of halogens is 1. The van der Waals surface area contributed by atoms with E-state index in [-0.39, 0.29) is 18.6 Å². The Bertz CT molecular complexity index is 878. The molecule has 0 atom stereocenters. The number of rotatable bonds is 4. The molecule has 3 rings (SSSR count). The van der Waals surface area contributed by atoms with Gasteiger partial charge in [-0.15, -0.1) is 0 Å². The maximum absolute atomic E-state index is 11.9. The minimum absolute atomic E-state index is 0.138. The number of fused-ring (bicyclic) bond motifs is 1. The number of benzene rings is 2. The van der Waals surface area contributed by atoms with Crippen molar-refractivity contribution in [1.29, 1.82) is 0 Å². The van der Waals surface area contributed by atoms with E-state index in [1.807, 2.05) is 36.4 Å². The average molecular weight is 372 g/mol. The van der Waals surface area contributed by atoms with E-state index in [1.165, 1.54) is 0 Å². The van der Waals surface area contributed by atoms with Crippen LogP contribution in [0.4, 0.5) is 0 Å². The number of hydrogen-bond acceptors (Lipinski definition) is 3. The molecule has 1 heterocycles. The number of aliphatic hydroxyl groups is 1. The summed E-state index contributed by atoms with van der Waals surface area (Å²) in [7, 11) is 0. The van der Waals surface area contributed by atoms with Crippen LogP contribution >= 0.6 is 15.9 Å². The summed E-state index contributed by atoms with van der Waals surface area (Å²) in [5.74, 6) is -1.02. The number of nitrogens with zero attached hydrogens (tertiary/aromatic N) is 1. The summed E-state index contributed by atoms with van der Waals surface area (Å²) in [6.45, 7) is -0.138. The Morgan fingerprint density at radius 1 is 1.13 bits per heavy atom. The van der Waals surface area contributed by atoms with Gasteiger partial charge in [0.15, 0.2) is 0 Å². The molecule has 0 bridgehead atoms. The minimum atomic E-state index is -1.02. The highest BCUT2D eigenvalue weighted by Crippen LogP contribution is 2.32. The molecule has 23 heavy (non-hydrogen) atoms. The van der Waals surface area contributed by atoms with Gasteiger partial charge in [-0.1, -0.05) is 46.3 Å². The van der Waals surface area contributed by atoms with E-state index < -0.39 is 5.97 Å². The van der Waals surface area contributed by atoms with Gasteiger partial charge in [-0.2, -0.15) is 0 Å². The first-order valence-corrected chi connectivity index (χ1v) is 7.93. The summed E-state index contributed by atoms with van der Waals surface area (Å²) in [6, 6.07) is 14.8. The number of aliphatic hydroxyl groups excluding tert-OH is 1. The lowest BCUT2D eigenvalue weighted by Crippen LogP contribution is -2.09. The monoisotopic (exact) mass is 371 g/mol. The van der Waals surface area contributed by atoms with Crippen LogP contribution in [0.2, 0.25) is 0 Å². The van der Waals surface area contributed by atoms with Crippen LogP contribution < -0.4 is 0 Å². The van der Waals surface area contributed by atoms with Crippen molar-refractivity contribution in [3.8, 4) is 11.3 Å². The van der Waals surface area contributed by atoms with Crippen LogP contribution in [-0.4, -0.2) is 27.8 Å². The number of carboxylic acids is 1. The summed E-state index contributed by atoms with van der Waals surface area (Å²) in [5.41, 5.74) is 2.81. The standard InChI is InChI=1S/C18H14BrNO3/c19-12-6-7-15-14(10-12)16(18(22)23)13(8-9-21)17(20-15)11-4-2-1-3-5-11/h1-7,10,21H,8-9H2,(H,22,23). The number of carbonyl (C=O) groups is 1. The number of hydrogen-bond donors (Lipinski definition) is 2. The molecule has 0 aliphatic carbocycles. The Morgan fingerprint density at radius 3 is 2.52 bits per heavy atom. The largest absolute Gasteiger partial charge is 0.478 e. The molecule has 4 nitrogen and oxygen atoms in total. The fourth-order valence-corrected chi connectivity index (χ4v) is 3.07. The zero-order chi connectivity index (χ0) is 16.4. The third kappa shape index (κ3) is 2.98. The van der Waals surface area contributed by atoms with Crippen LogP contribution in [0.25, 0.3) is 22.2 Å². The first kappa shape index (κ1) is 15.6. The molecule has 0 amide bonds. The molecule has 5 heteroatoms. The fourth-order valence-electron chi connectivity index (χ4n) is 2.71. The van der Waals surface area contributed by atoms with Gasteiger partial charge >= 0.3 is 5.97 Å². The van der Waals surface area contributed by atoms with Crippen LogP contribution in [0.1, 0.15) is 15.9 Å². The molecular formula is C18H14BrNO3. The summed E-state index contributed by atoms with van der Waals surface area (Å²) < 4.78 is 0.789. The summed E-state index contributed by atoms with van der Waals surface area (Å²) in [6.07, 6.45) is 0.237. The quantitative estimate of drug-likeness (QED) is 0.729. The van der Waals surface area contributed by atoms with Crippen LogP contribution in [0.3, 0.4) is 0 Å². The van der Waals surface area contributed by atoms with Crippen molar-refractivity contribution in [2.75, 3.05) is 6.61 Å². The molecule has 0 aliphatic rings. The van der Waals surface area contributed by atoms with Gasteiger partial charge in [-0.3, -0.25) is 0 Å². The predicted octanol–water partition coefficient (Wildman–Crippen LogP) is 3.90. The highest BCUT2D eigenvalue weighted by molar-refractivity contribution is 9.10. The molecule has 0 radical (unpaired) electrons. The van der Waals surface area contributed by atoms with E-state index in [9.17, 15) is 15.0 Å². The van der Waals surface area contributed by atoms with Crippen molar-refractivity contribution in [3.05, 3.63) is 64.1 Å². The molecule has 0 aliphatic heterocycles. The van der Waals surface area contributed by atoms with Crippen molar-refractivity contribution in [2.45, 2.75) is 6.42 Å². The lowest BCUT2D eigenvalue weighted by atomic mass is 9.95. The van der Waals surface area contributed by atoms with Crippen molar-refractivity contribution in [3.63, 3.8) is 0 Å². The number of aromatic nitrogens is 1. The molecule has 0 saturated heterocycles. The number of pyridine rings is 1. The second kappa shape index (κ2) is 6.48. The number of carboxylic acid groups (broad SMARTS) is 1. The highest BCUT2D eigenvalue weighted by Gasteiger charge is 2.20. The van der Waals surface area contributed by atoms with Gasteiger partial charge in [0.2, 0.25) is 0 Å². The molecule has 0 spiro atoms. The molecule has 3 aromatic rings. The fraction of sp³-hybridized carbons (Fsp3) is 0.111. The first-order chi connectivity index (χ1) is 11.1. The van der Waals surface area contributed by atoms with E-state index in [1.54, 1.807) is 12.1 Å². The maximum Gasteiger partial charge on any atom is 0.336 e.